The highest BCUT2D eigenvalue weighted by molar-refractivity contribution is 5.53. The van der Waals surface area contributed by atoms with Crippen molar-refractivity contribution in [1.82, 2.24) is 0 Å². The number of hydrogen-bond donors (Lipinski definition) is 1. The van der Waals surface area contributed by atoms with E-state index in [-0.39, 0.29) is 11.5 Å². The zero-order chi connectivity index (χ0) is 10.4. The Kier molecular flexibility index (Phi) is 4.89. The van der Waals surface area contributed by atoms with Crippen LogP contribution in [0, 0.1) is 5.82 Å². The molecule has 0 saturated carbocycles. The molecule has 0 amide bonds. The van der Waals surface area contributed by atoms with Crippen LogP contribution in [0.3, 0.4) is 0 Å². The fourth-order valence-electron chi connectivity index (χ4n) is 0.794. The van der Waals surface area contributed by atoms with Gasteiger partial charge in [-0.1, -0.05) is 13.8 Å². The summed E-state index contributed by atoms with van der Waals surface area (Å²) in [6.45, 7) is 4.00. The molecule has 0 bridgehead atoms. The molecule has 3 heteroatoms. The lowest BCUT2D eigenvalue weighted by atomic mass is 10.2. The first kappa shape index (κ1) is 11.8. The lowest BCUT2D eigenvalue weighted by Crippen LogP contribution is -2.08. The van der Waals surface area contributed by atoms with Crippen molar-refractivity contribution in [2.75, 3.05) is 24.7 Å². The second kappa shape index (κ2) is 5.41. The SMILES string of the molecule is CC.CN(C)c1ccc(N)c(F)c1. The molecule has 2 N–H and O–H groups in total. The summed E-state index contributed by atoms with van der Waals surface area (Å²) in [5.74, 6) is -0.365. The van der Waals surface area contributed by atoms with E-state index >= 15 is 0 Å². The van der Waals surface area contributed by atoms with Gasteiger partial charge in [0.05, 0.1) is 5.69 Å². The summed E-state index contributed by atoms with van der Waals surface area (Å²) in [5.41, 5.74) is 6.30. The van der Waals surface area contributed by atoms with Crippen LogP contribution in [0.4, 0.5) is 15.8 Å². The number of nitrogens with zero attached hydrogens (tertiary/aromatic N) is 1. The van der Waals surface area contributed by atoms with Gasteiger partial charge in [0.1, 0.15) is 5.82 Å². The molecule has 0 aliphatic carbocycles. The summed E-state index contributed by atoms with van der Waals surface area (Å²) in [6, 6.07) is 4.75. The smallest absolute Gasteiger partial charge is 0.148 e. The summed E-state index contributed by atoms with van der Waals surface area (Å²) in [5, 5.41) is 0. The first-order chi connectivity index (χ1) is 6.11. The molecule has 0 atom stereocenters. The summed E-state index contributed by atoms with van der Waals surface area (Å²) in [6.07, 6.45) is 0. The van der Waals surface area contributed by atoms with Crippen molar-refractivity contribution < 1.29 is 4.39 Å². The van der Waals surface area contributed by atoms with Crippen molar-refractivity contribution in [2.45, 2.75) is 13.8 Å². The fraction of sp³-hybridized carbons (Fsp3) is 0.400. The summed E-state index contributed by atoms with van der Waals surface area (Å²) in [4.78, 5) is 1.82. The Morgan fingerprint density at radius 1 is 1.23 bits per heavy atom. The van der Waals surface area contributed by atoms with Crippen molar-refractivity contribution in [1.29, 1.82) is 0 Å². The highest BCUT2D eigenvalue weighted by atomic mass is 19.1. The number of rotatable bonds is 1. The largest absolute Gasteiger partial charge is 0.396 e. The van der Waals surface area contributed by atoms with Gasteiger partial charge in [0.25, 0.3) is 0 Å². The predicted octanol–water partition coefficient (Wildman–Crippen LogP) is 2.50. The monoisotopic (exact) mass is 184 g/mol. The molecule has 0 fully saturated rings. The third kappa shape index (κ3) is 3.32. The van der Waals surface area contributed by atoms with Crippen LogP contribution in [-0.2, 0) is 0 Å². The van der Waals surface area contributed by atoms with Crippen LogP contribution in [-0.4, -0.2) is 14.1 Å². The zero-order valence-electron chi connectivity index (χ0n) is 8.63. The third-order valence-electron chi connectivity index (χ3n) is 1.50. The maximum absolute atomic E-state index is 12.8. The Morgan fingerprint density at radius 3 is 2.15 bits per heavy atom. The van der Waals surface area contributed by atoms with E-state index in [0.717, 1.165) is 5.69 Å². The van der Waals surface area contributed by atoms with Crippen molar-refractivity contribution in [3.8, 4) is 0 Å². The van der Waals surface area contributed by atoms with E-state index in [1.807, 2.05) is 32.8 Å². The van der Waals surface area contributed by atoms with Gasteiger partial charge in [0.2, 0.25) is 0 Å². The van der Waals surface area contributed by atoms with Gasteiger partial charge in [-0.3, -0.25) is 0 Å². The number of nitrogens with two attached hydrogens (primary N) is 1. The lowest BCUT2D eigenvalue weighted by molar-refractivity contribution is 0.632. The molecule has 0 unspecified atom stereocenters. The molecule has 0 aliphatic rings. The van der Waals surface area contributed by atoms with Crippen LogP contribution in [0.1, 0.15) is 13.8 Å². The first-order valence-electron chi connectivity index (χ1n) is 4.33. The van der Waals surface area contributed by atoms with Crippen LogP contribution in [0.5, 0.6) is 0 Å². The fourth-order valence-corrected chi connectivity index (χ4v) is 0.794. The number of hydrogen-bond acceptors (Lipinski definition) is 2. The molecule has 0 radical (unpaired) electrons. The second-order valence-corrected chi connectivity index (χ2v) is 2.60. The molecule has 0 spiro atoms. The van der Waals surface area contributed by atoms with Crippen molar-refractivity contribution >= 4 is 11.4 Å². The van der Waals surface area contributed by atoms with Gasteiger partial charge in [-0.15, -0.1) is 0 Å². The summed E-state index contributed by atoms with van der Waals surface area (Å²) in [7, 11) is 3.70. The zero-order valence-corrected chi connectivity index (χ0v) is 8.63. The van der Waals surface area contributed by atoms with E-state index in [9.17, 15) is 4.39 Å². The third-order valence-corrected chi connectivity index (χ3v) is 1.50. The van der Waals surface area contributed by atoms with Crippen LogP contribution in [0.15, 0.2) is 18.2 Å². The Bertz CT molecular complexity index is 259. The summed E-state index contributed by atoms with van der Waals surface area (Å²) >= 11 is 0. The van der Waals surface area contributed by atoms with Gasteiger partial charge in [0.15, 0.2) is 0 Å². The molecule has 0 aliphatic heterocycles. The standard InChI is InChI=1S/C8H11FN2.C2H6/c1-11(2)6-3-4-8(10)7(9)5-6;1-2/h3-5H,10H2,1-2H3;1-2H3. The molecular weight excluding hydrogens is 167 g/mol. The van der Waals surface area contributed by atoms with Crippen LogP contribution >= 0.6 is 0 Å². The highest BCUT2D eigenvalue weighted by Crippen LogP contribution is 2.17. The predicted molar refractivity (Wildman–Crippen MR) is 56.5 cm³/mol. The first-order valence-corrected chi connectivity index (χ1v) is 4.33. The molecule has 13 heavy (non-hydrogen) atoms. The van der Waals surface area contributed by atoms with Gasteiger partial charge in [0, 0.05) is 19.8 Å². The molecule has 2 nitrogen and oxygen atoms in total. The van der Waals surface area contributed by atoms with Gasteiger partial charge >= 0.3 is 0 Å². The second-order valence-electron chi connectivity index (χ2n) is 2.60. The van der Waals surface area contributed by atoms with Crippen molar-refractivity contribution in [3.63, 3.8) is 0 Å². The van der Waals surface area contributed by atoms with E-state index in [4.69, 9.17) is 5.73 Å². The van der Waals surface area contributed by atoms with E-state index in [1.165, 1.54) is 6.07 Å². The Balaban J connectivity index is 0.000000671. The summed E-state index contributed by atoms with van der Waals surface area (Å²) < 4.78 is 12.8. The van der Waals surface area contributed by atoms with Crippen LogP contribution in [0.2, 0.25) is 0 Å². The van der Waals surface area contributed by atoms with Gasteiger partial charge in [-0.25, -0.2) is 4.39 Å². The number of halogens is 1. The maximum Gasteiger partial charge on any atom is 0.148 e. The Morgan fingerprint density at radius 2 is 1.77 bits per heavy atom. The minimum absolute atomic E-state index is 0.190. The minimum atomic E-state index is -0.365. The Hall–Kier alpha value is -1.25. The number of benzene rings is 1. The van der Waals surface area contributed by atoms with Gasteiger partial charge < -0.3 is 10.6 Å². The van der Waals surface area contributed by atoms with E-state index in [2.05, 4.69) is 0 Å². The molecule has 0 aromatic heterocycles. The highest BCUT2D eigenvalue weighted by Gasteiger charge is 1.99. The average molecular weight is 184 g/mol. The molecule has 1 aromatic carbocycles. The van der Waals surface area contributed by atoms with E-state index in [0.29, 0.717) is 0 Å². The minimum Gasteiger partial charge on any atom is -0.396 e. The molecule has 1 aromatic rings. The molecular formula is C10H17FN2. The molecule has 1 rings (SSSR count). The quantitative estimate of drug-likeness (QED) is 0.679. The van der Waals surface area contributed by atoms with E-state index in [1.54, 1.807) is 12.1 Å². The van der Waals surface area contributed by atoms with E-state index < -0.39 is 0 Å². The van der Waals surface area contributed by atoms with Gasteiger partial charge in [-0.05, 0) is 18.2 Å². The molecule has 0 heterocycles. The van der Waals surface area contributed by atoms with Crippen molar-refractivity contribution in [3.05, 3.63) is 24.0 Å². The van der Waals surface area contributed by atoms with Crippen LogP contribution < -0.4 is 10.6 Å². The van der Waals surface area contributed by atoms with Gasteiger partial charge in [-0.2, -0.15) is 0 Å². The molecule has 0 saturated heterocycles. The lowest BCUT2D eigenvalue weighted by Gasteiger charge is -2.12. The molecule has 74 valence electrons. The normalized spacial score (nSPS) is 8.69. The number of nitrogen functional groups attached to an aromatic ring is 1. The average Bonchev–Trinajstić information content (AvgIpc) is 2.13. The topological polar surface area (TPSA) is 29.3 Å². The van der Waals surface area contributed by atoms with Crippen LogP contribution in [0.25, 0.3) is 0 Å². The maximum atomic E-state index is 12.8. The van der Waals surface area contributed by atoms with Crippen molar-refractivity contribution in [2.24, 2.45) is 0 Å². The Labute approximate surface area is 79.2 Å². The number of anilines is 2.